The second-order valence-electron chi connectivity index (χ2n) is 13.6. The van der Waals surface area contributed by atoms with Crippen molar-refractivity contribution in [3.05, 3.63) is 12.2 Å². The second kappa shape index (κ2) is 30.6. The molecule has 2 unspecified atom stereocenters. The highest BCUT2D eigenvalue weighted by Gasteiger charge is 2.26. The van der Waals surface area contributed by atoms with Gasteiger partial charge in [-0.2, -0.15) is 0 Å². The first-order chi connectivity index (χ1) is 21.6. The maximum atomic E-state index is 12.6. The summed E-state index contributed by atoms with van der Waals surface area (Å²) < 4.78 is 34.8. The van der Waals surface area contributed by atoms with E-state index in [9.17, 15) is 14.3 Å². The number of phosphoric ester groups is 1. The van der Waals surface area contributed by atoms with Crippen LogP contribution in [0.4, 0.5) is 0 Å². The molecule has 0 spiro atoms. The lowest BCUT2D eigenvalue weighted by molar-refractivity contribution is -0.870. The maximum absolute atomic E-state index is 12.6. The number of carbonyl (C=O) groups excluding carboxylic acids is 1. The Kier molecular flexibility index (Phi) is 30.0. The van der Waals surface area contributed by atoms with E-state index in [2.05, 4.69) is 26.0 Å². The fourth-order valence-electron chi connectivity index (χ4n) is 4.89. The highest BCUT2D eigenvalue weighted by molar-refractivity contribution is 7.47. The molecule has 0 bridgehead atoms. The zero-order chi connectivity index (χ0) is 33.5. The lowest BCUT2D eigenvalue weighted by Crippen LogP contribution is -2.37. The zero-order valence-corrected chi connectivity index (χ0v) is 31.0. The molecule has 0 aliphatic rings. The summed E-state index contributed by atoms with van der Waals surface area (Å²) in [5, 5.41) is 0. The number of nitrogens with zero attached hydrogens (tertiary/aromatic N) is 1. The molecule has 0 fully saturated rings. The number of ether oxygens (including phenoxy) is 2. The van der Waals surface area contributed by atoms with Gasteiger partial charge >= 0.3 is 13.8 Å². The molecule has 0 rings (SSSR count). The highest BCUT2D eigenvalue weighted by Crippen LogP contribution is 2.43. The van der Waals surface area contributed by atoms with Gasteiger partial charge in [-0.05, 0) is 32.1 Å². The standard InChI is InChI=1S/C36H72NO7P/c1-6-8-10-12-14-16-18-20-22-24-26-28-31-41-33-35(34-43-45(39,40)42-32-30-37(3,4)5)44-36(38)29-27-25-23-21-19-17-15-13-11-9-7-2/h12,14,35H,6-11,13,15-34H2,1-5H3/p+1/b14-12-. The van der Waals surface area contributed by atoms with Crippen LogP contribution in [0.5, 0.6) is 0 Å². The van der Waals surface area contributed by atoms with E-state index in [1.54, 1.807) is 0 Å². The van der Waals surface area contributed by atoms with E-state index in [-0.39, 0.29) is 25.8 Å². The maximum Gasteiger partial charge on any atom is 0.472 e. The minimum absolute atomic E-state index is 0.0900. The molecule has 0 saturated carbocycles. The Balaban J connectivity index is 4.32. The van der Waals surface area contributed by atoms with Gasteiger partial charge in [0.05, 0.1) is 34.4 Å². The van der Waals surface area contributed by atoms with Crippen LogP contribution in [0.25, 0.3) is 0 Å². The van der Waals surface area contributed by atoms with Gasteiger partial charge in [0.15, 0.2) is 0 Å². The minimum atomic E-state index is -4.26. The number of hydrogen-bond acceptors (Lipinski definition) is 6. The van der Waals surface area contributed by atoms with Gasteiger partial charge in [-0.1, -0.05) is 129 Å². The first-order valence-corrected chi connectivity index (χ1v) is 19.9. The summed E-state index contributed by atoms with van der Waals surface area (Å²) in [6.07, 6.45) is 29.4. The van der Waals surface area contributed by atoms with Crippen molar-refractivity contribution < 1.29 is 37.3 Å². The summed E-state index contributed by atoms with van der Waals surface area (Å²) in [6.45, 7) is 5.57. The van der Waals surface area contributed by atoms with Crippen molar-refractivity contribution in [3.8, 4) is 0 Å². The van der Waals surface area contributed by atoms with E-state index in [1.807, 2.05) is 21.1 Å². The van der Waals surface area contributed by atoms with Crippen LogP contribution in [0.1, 0.15) is 155 Å². The van der Waals surface area contributed by atoms with Crippen LogP contribution < -0.4 is 0 Å². The minimum Gasteiger partial charge on any atom is -0.457 e. The van der Waals surface area contributed by atoms with Crippen molar-refractivity contribution in [1.29, 1.82) is 0 Å². The third kappa shape index (κ3) is 34.4. The number of unbranched alkanes of at least 4 members (excludes halogenated alkanes) is 18. The van der Waals surface area contributed by atoms with Gasteiger partial charge in [-0.15, -0.1) is 0 Å². The Morgan fingerprint density at radius 2 is 1.18 bits per heavy atom. The molecule has 0 aliphatic carbocycles. The number of esters is 1. The van der Waals surface area contributed by atoms with Gasteiger partial charge < -0.3 is 18.9 Å². The van der Waals surface area contributed by atoms with Crippen molar-refractivity contribution in [2.24, 2.45) is 0 Å². The number of rotatable bonds is 34. The third-order valence-electron chi connectivity index (χ3n) is 7.83. The molecular formula is C36H73NO7P+. The lowest BCUT2D eigenvalue weighted by atomic mass is 10.1. The fraction of sp³-hybridized carbons (Fsp3) is 0.917. The molecule has 0 aromatic heterocycles. The predicted octanol–water partition coefficient (Wildman–Crippen LogP) is 9.93. The Morgan fingerprint density at radius 3 is 1.76 bits per heavy atom. The lowest BCUT2D eigenvalue weighted by Gasteiger charge is -2.24. The summed E-state index contributed by atoms with van der Waals surface area (Å²) in [4.78, 5) is 22.7. The van der Waals surface area contributed by atoms with Gasteiger partial charge in [0, 0.05) is 13.0 Å². The number of carbonyl (C=O) groups is 1. The molecule has 2 atom stereocenters. The highest BCUT2D eigenvalue weighted by atomic mass is 31.2. The summed E-state index contributed by atoms with van der Waals surface area (Å²) in [7, 11) is 1.67. The Labute approximate surface area is 278 Å². The van der Waals surface area contributed by atoms with E-state index >= 15 is 0 Å². The summed E-state index contributed by atoms with van der Waals surface area (Å²) in [6, 6.07) is 0. The molecular weight excluding hydrogens is 589 g/mol. The van der Waals surface area contributed by atoms with Crippen molar-refractivity contribution in [3.63, 3.8) is 0 Å². The van der Waals surface area contributed by atoms with Crippen LogP contribution >= 0.6 is 7.82 Å². The van der Waals surface area contributed by atoms with Crippen LogP contribution in [0.3, 0.4) is 0 Å². The normalized spacial score (nSPS) is 14.2. The summed E-state index contributed by atoms with van der Waals surface area (Å²) >= 11 is 0. The topological polar surface area (TPSA) is 91.3 Å². The first-order valence-electron chi connectivity index (χ1n) is 18.4. The smallest absolute Gasteiger partial charge is 0.457 e. The number of hydrogen-bond donors (Lipinski definition) is 1. The van der Waals surface area contributed by atoms with Crippen LogP contribution in [0, 0.1) is 0 Å². The van der Waals surface area contributed by atoms with E-state index < -0.39 is 13.9 Å². The number of allylic oxidation sites excluding steroid dienone is 2. The van der Waals surface area contributed by atoms with E-state index in [4.69, 9.17) is 18.5 Å². The van der Waals surface area contributed by atoms with Crippen LogP contribution in [0.15, 0.2) is 12.2 Å². The van der Waals surface area contributed by atoms with E-state index in [0.29, 0.717) is 24.1 Å². The van der Waals surface area contributed by atoms with Gasteiger partial charge in [-0.25, -0.2) is 4.57 Å². The third-order valence-corrected chi connectivity index (χ3v) is 8.81. The zero-order valence-electron chi connectivity index (χ0n) is 30.1. The SMILES string of the molecule is CCCC/C=C\CCCCCCCCOCC(COP(=O)(O)OCC[N+](C)(C)C)OC(=O)CCCCCCCCCCCCC. The van der Waals surface area contributed by atoms with Gasteiger partial charge in [0.25, 0.3) is 0 Å². The van der Waals surface area contributed by atoms with E-state index in [1.165, 1.54) is 103 Å². The van der Waals surface area contributed by atoms with Crippen molar-refractivity contribution in [2.75, 3.05) is 54.1 Å². The average Bonchev–Trinajstić information content (AvgIpc) is 2.98. The van der Waals surface area contributed by atoms with Crippen molar-refractivity contribution in [2.45, 2.75) is 161 Å². The number of phosphoric acid groups is 1. The molecule has 0 aromatic carbocycles. The number of likely N-dealkylation sites (N-methyl/N-ethyl adjacent to an activating group) is 1. The summed E-state index contributed by atoms with van der Waals surface area (Å²) in [5.41, 5.74) is 0. The molecule has 0 radical (unpaired) electrons. The first kappa shape index (κ1) is 44.2. The monoisotopic (exact) mass is 663 g/mol. The average molecular weight is 663 g/mol. The molecule has 8 nitrogen and oxygen atoms in total. The number of quaternary nitrogens is 1. The van der Waals surface area contributed by atoms with Gasteiger partial charge in [0.2, 0.25) is 0 Å². The summed E-state index contributed by atoms with van der Waals surface area (Å²) in [5.74, 6) is -0.318. The largest absolute Gasteiger partial charge is 0.472 e. The molecule has 268 valence electrons. The van der Waals surface area contributed by atoms with Gasteiger partial charge in [0.1, 0.15) is 19.3 Å². The predicted molar refractivity (Wildman–Crippen MR) is 187 cm³/mol. The second-order valence-corrected chi connectivity index (χ2v) is 15.1. The van der Waals surface area contributed by atoms with Crippen LogP contribution in [-0.2, 0) is 27.9 Å². The Bertz CT molecular complexity index is 741. The van der Waals surface area contributed by atoms with Gasteiger partial charge in [-0.3, -0.25) is 13.8 Å². The van der Waals surface area contributed by atoms with Crippen molar-refractivity contribution in [1.82, 2.24) is 0 Å². The quantitative estimate of drug-likeness (QED) is 0.0241. The van der Waals surface area contributed by atoms with E-state index in [0.717, 1.165) is 32.1 Å². The van der Waals surface area contributed by atoms with Crippen molar-refractivity contribution >= 4 is 13.8 Å². The molecule has 0 saturated heterocycles. The Hall–Kier alpha value is -0.760. The molecule has 0 aromatic rings. The molecule has 1 N–H and O–H groups in total. The molecule has 45 heavy (non-hydrogen) atoms. The molecule has 0 aliphatic heterocycles. The molecule has 0 heterocycles. The Morgan fingerprint density at radius 1 is 0.667 bits per heavy atom. The fourth-order valence-corrected chi connectivity index (χ4v) is 5.63. The van der Waals surface area contributed by atoms with Crippen LogP contribution in [-0.4, -0.2) is 75.6 Å². The molecule has 0 amide bonds. The molecule has 9 heteroatoms. The van der Waals surface area contributed by atoms with Crippen LogP contribution in [0.2, 0.25) is 0 Å².